The Morgan fingerprint density at radius 1 is 1.00 bits per heavy atom. The molecule has 0 saturated carbocycles. The molecule has 0 aliphatic heterocycles. The van der Waals surface area contributed by atoms with Crippen LogP contribution in [0.5, 0.6) is 5.75 Å². The molecule has 0 bridgehead atoms. The van der Waals surface area contributed by atoms with Gasteiger partial charge in [0.1, 0.15) is 10.6 Å². The molecular formula is C12H9Cl2NO3S. The van der Waals surface area contributed by atoms with Gasteiger partial charge < -0.3 is 9.92 Å². The first-order chi connectivity index (χ1) is 8.90. The molecule has 2 aromatic carbocycles. The Hall–Kier alpha value is -1.43. The highest BCUT2D eigenvalue weighted by atomic mass is 35.5. The van der Waals surface area contributed by atoms with E-state index < -0.39 is 10.1 Å². The molecule has 0 aliphatic rings. The third-order valence-electron chi connectivity index (χ3n) is 2.27. The van der Waals surface area contributed by atoms with Gasteiger partial charge in [0.05, 0.1) is 15.7 Å². The van der Waals surface area contributed by atoms with E-state index in [1.165, 1.54) is 18.2 Å². The smallest absolute Gasteiger partial charge is 0.340 e. The summed E-state index contributed by atoms with van der Waals surface area (Å²) in [6, 6.07) is 10.5. The van der Waals surface area contributed by atoms with Crippen molar-refractivity contribution < 1.29 is 12.6 Å². The standard InChI is InChI=1S/C12H9Cl2NO3S/c13-9-7-12(10(14)6-11(9)15)19(16,17)18-8-4-2-1-3-5-8/h1-7H,15H2. The molecule has 2 aromatic rings. The lowest BCUT2D eigenvalue weighted by Crippen LogP contribution is -2.10. The van der Waals surface area contributed by atoms with E-state index in [4.69, 9.17) is 33.1 Å². The molecule has 0 amide bonds. The second-order valence-electron chi connectivity index (χ2n) is 3.65. The fourth-order valence-electron chi connectivity index (χ4n) is 1.38. The number of nitrogens with two attached hydrogens (primary N) is 1. The minimum absolute atomic E-state index is 0.0437. The Morgan fingerprint density at radius 2 is 1.63 bits per heavy atom. The Morgan fingerprint density at radius 3 is 2.26 bits per heavy atom. The fourth-order valence-corrected chi connectivity index (χ4v) is 3.08. The molecule has 0 fully saturated rings. The van der Waals surface area contributed by atoms with Crippen molar-refractivity contribution in [3.05, 3.63) is 52.5 Å². The van der Waals surface area contributed by atoms with Crippen LogP contribution in [0.1, 0.15) is 0 Å². The quantitative estimate of drug-likeness (QED) is 0.696. The maximum atomic E-state index is 12.1. The fraction of sp³-hybridized carbons (Fsp3) is 0. The van der Waals surface area contributed by atoms with Crippen molar-refractivity contribution >= 4 is 39.0 Å². The van der Waals surface area contributed by atoms with Gasteiger partial charge in [-0.3, -0.25) is 0 Å². The van der Waals surface area contributed by atoms with Crippen LogP contribution in [-0.2, 0) is 10.1 Å². The summed E-state index contributed by atoms with van der Waals surface area (Å²) < 4.78 is 29.1. The predicted molar refractivity (Wildman–Crippen MR) is 75.1 cm³/mol. The summed E-state index contributed by atoms with van der Waals surface area (Å²) in [6.45, 7) is 0. The molecule has 0 aliphatic carbocycles. The first-order valence-corrected chi connectivity index (χ1v) is 7.30. The Labute approximate surface area is 120 Å². The monoisotopic (exact) mass is 317 g/mol. The first-order valence-electron chi connectivity index (χ1n) is 5.14. The summed E-state index contributed by atoms with van der Waals surface area (Å²) in [5.41, 5.74) is 5.73. The summed E-state index contributed by atoms with van der Waals surface area (Å²) in [6.07, 6.45) is 0. The molecule has 2 rings (SSSR count). The molecule has 19 heavy (non-hydrogen) atoms. The third-order valence-corrected chi connectivity index (χ3v) is 4.31. The van der Waals surface area contributed by atoms with E-state index >= 15 is 0 Å². The zero-order valence-electron chi connectivity index (χ0n) is 9.51. The van der Waals surface area contributed by atoms with Gasteiger partial charge in [0, 0.05) is 0 Å². The number of benzene rings is 2. The highest BCUT2D eigenvalue weighted by Gasteiger charge is 2.21. The van der Waals surface area contributed by atoms with Crippen LogP contribution in [0.4, 0.5) is 5.69 Å². The zero-order valence-corrected chi connectivity index (χ0v) is 11.8. The van der Waals surface area contributed by atoms with Crippen molar-refractivity contribution in [1.29, 1.82) is 0 Å². The Bertz CT molecular complexity index is 702. The molecule has 7 heteroatoms. The van der Waals surface area contributed by atoms with E-state index in [2.05, 4.69) is 0 Å². The SMILES string of the molecule is Nc1cc(Cl)c(S(=O)(=O)Oc2ccccc2)cc1Cl. The van der Waals surface area contributed by atoms with Gasteiger partial charge >= 0.3 is 10.1 Å². The van der Waals surface area contributed by atoms with Gasteiger partial charge in [0.25, 0.3) is 0 Å². The summed E-state index contributed by atoms with van der Waals surface area (Å²) >= 11 is 11.6. The third kappa shape index (κ3) is 3.12. The van der Waals surface area contributed by atoms with Crippen LogP contribution in [0.15, 0.2) is 47.4 Å². The van der Waals surface area contributed by atoms with Gasteiger partial charge in [-0.05, 0) is 24.3 Å². The lowest BCUT2D eigenvalue weighted by molar-refractivity contribution is 0.486. The van der Waals surface area contributed by atoms with Crippen molar-refractivity contribution in [2.45, 2.75) is 4.90 Å². The number of hydrogen-bond donors (Lipinski definition) is 1. The summed E-state index contributed by atoms with van der Waals surface area (Å²) in [5.74, 6) is 0.187. The number of rotatable bonds is 3. The van der Waals surface area contributed by atoms with E-state index in [0.29, 0.717) is 0 Å². The zero-order chi connectivity index (χ0) is 14.0. The summed E-state index contributed by atoms with van der Waals surface area (Å²) in [7, 11) is -4.06. The van der Waals surface area contributed by atoms with E-state index in [1.54, 1.807) is 18.2 Å². The van der Waals surface area contributed by atoms with Crippen molar-refractivity contribution in [3.8, 4) is 5.75 Å². The number of para-hydroxylation sites is 1. The molecule has 0 aromatic heterocycles. The molecule has 0 radical (unpaired) electrons. The highest BCUT2D eigenvalue weighted by Crippen LogP contribution is 2.31. The van der Waals surface area contributed by atoms with Crippen LogP contribution >= 0.6 is 23.2 Å². The summed E-state index contributed by atoms with van der Waals surface area (Å²) in [4.78, 5) is -0.225. The average molecular weight is 318 g/mol. The number of hydrogen-bond acceptors (Lipinski definition) is 4. The average Bonchev–Trinajstić information content (AvgIpc) is 2.34. The van der Waals surface area contributed by atoms with Crippen molar-refractivity contribution in [2.75, 3.05) is 5.73 Å². The van der Waals surface area contributed by atoms with Crippen LogP contribution in [-0.4, -0.2) is 8.42 Å². The maximum Gasteiger partial charge on any atom is 0.340 e. The maximum absolute atomic E-state index is 12.1. The van der Waals surface area contributed by atoms with Crippen LogP contribution < -0.4 is 9.92 Å². The minimum atomic E-state index is -4.06. The molecule has 2 N–H and O–H groups in total. The first kappa shape index (κ1) is 14.0. The normalized spacial score (nSPS) is 11.3. The van der Waals surface area contributed by atoms with Crippen molar-refractivity contribution in [2.24, 2.45) is 0 Å². The lowest BCUT2D eigenvalue weighted by Gasteiger charge is -2.09. The second kappa shape index (κ2) is 5.28. The van der Waals surface area contributed by atoms with Gasteiger partial charge in [-0.2, -0.15) is 8.42 Å². The van der Waals surface area contributed by atoms with Crippen LogP contribution in [0.3, 0.4) is 0 Å². The van der Waals surface area contributed by atoms with Crippen LogP contribution in [0, 0.1) is 0 Å². The van der Waals surface area contributed by atoms with E-state index in [9.17, 15) is 8.42 Å². The Balaban J connectivity index is 2.43. The van der Waals surface area contributed by atoms with Gasteiger partial charge in [0.15, 0.2) is 0 Å². The van der Waals surface area contributed by atoms with Gasteiger partial charge in [-0.15, -0.1) is 0 Å². The number of halogens is 2. The number of anilines is 1. The van der Waals surface area contributed by atoms with E-state index in [-0.39, 0.29) is 26.4 Å². The lowest BCUT2D eigenvalue weighted by atomic mass is 10.3. The predicted octanol–water partition coefficient (Wildman–Crippen LogP) is 3.34. The topological polar surface area (TPSA) is 69.4 Å². The Kier molecular flexibility index (Phi) is 3.89. The molecule has 0 unspecified atom stereocenters. The van der Waals surface area contributed by atoms with E-state index in [1.807, 2.05) is 0 Å². The van der Waals surface area contributed by atoms with Crippen LogP contribution in [0.2, 0.25) is 10.0 Å². The molecule has 0 atom stereocenters. The highest BCUT2D eigenvalue weighted by molar-refractivity contribution is 7.87. The molecule has 0 saturated heterocycles. The van der Waals surface area contributed by atoms with Gasteiger partial charge in [0.2, 0.25) is 0 Å². The molecule has 0 spiro atoms. The van der Waals surface area contributed by atoms with Crippen LogP contribution in [0.25, 0.3) is 0 Å². The second-order valence-corrected chi connectivity index (χ2v) is 5.98. The van der Waals surface area contributed by atoms with Crippen molar-refractivity contribution in [1.82, 2.24) is 0 Å². The molecular weight excluding hydrogens is 309 g/mol. The molecule has 4 nitrogen and oxygen atoms in total. The number of nitrogen functional groups attached to an aromatic ring is 1. The largest absolute Gasteiger partial charge is 0.397 e. The summed E-state index contributed by atoms with van der Waals surface area (Å²) in [5, 5.41) is 0.0532. The van der Waals surface area contributed by atoms with Crippen molar-refractivity contribution in [3.63, 3.8) is 0 Å². The molecule has 0 heterocycles. The van der Waals surface area contributed by atoms with Gasteiger partial charge in [-0.1, -0.05) is 41.4 Å². The molecule has 100 valence electrons. The minimum Gasteiger partial charge on any atom is -0.397 e. The van der Waals surface area contributed by atoms with Gasteiger partial charge in [-0.25, -0.2) is 0 Å². The van der Waals surface area contributed by atoms with E-state index in [0.717, 1.165) is 6.07 Å².